The van der Waals surface area contributed by atoms with Crippen molar-refractivity contribution in [1.82, 2.24) is 0 Å². The molecule has 0 saturated carbocycles. The summed E-state index contributed by atoms with van der Waals surface area (Å²) >= 11 is 1.87. The van der Waals surface area contributed by atoms with E-state index in [1.807, 2.05) is 11.3 Å². The summed E-state index contributed by atoms with van der Waals surface area (Å²) in [4.78, 5) is 2.52. The second-order valence-corrected chi connectivity index (χ2v) is 16.5. The third-order valence-corrected chi connectivity index (χ3v) is 12.8. The molecule has 273 valence electrons. The molecule has 1 aromatic heterocycles. The smallest absolute Gasteiger partial charge is 0.197 e. The highest BCUT2D eigenvalue weighted by atomic mass is 32.1. The largest absolute Gasteiger partial charge is 0.355 e. The lowest BCUT2D eigenvalue weighted by molar-refractivity contribution is 1.26. The number of thiophene rings is 1. The summed E-state index contributed by atoms with van der Waals surface area (Å²) in [5, 5.41) is 8.93. The van der Waals surface area contributed by atoms with Gasteiger partial charge in [-0.05, 0) is 111 Å². The maximum atomic E-state index is 3.93. The lowest BCUT2D eigenvalue weighted by Gasteiger charge is -2.36. The summed E-state index contributed by atoms with van der Waals surface area (Å²) in [6, 6.07) is 68.7. The van der Waals surface area contributed by atoms with Gasteiger partial charge in [0, 0.05) is 48.5 Å². The van der Waals surface area contributed by atoms with Gasteiger partial charge in [0.25, 0.3) is 0 Å². The van der Waals surface area contributed by atoms with Crippen LogP contribution in [-0.2, 0) is 0 Å². The van der Waals surface area contributed by atoms with Crippen LogP contribution >= 0.6 is 11.3 Å². The third-order valence-electron chi connectivity index (χ3n) is 11.6. The summed E-state index contributed by atoms with van der Waals surface area (Å²) < 4.78 is 2.61. The Bertz CT molecular complexity index is 3190. The molecule has 1 aliphatic heterocycles. The summed E-state index contributed by atoms with van der Waals surface area (Å²) in [6.07, 6.45) is 0. The van der Waals surface area contributed by atoms with Crippen LogP contribution in [0.15, 0.2) is 188 Å². The first-order chi connectivity index (χ1) is 28.6. The van der Waals surface area contributed by atoms with Crippen molar-refractivity contribution in [2.45, 2.75) is 13.8 Å². The molecule has 0 unspecified atom stereocenters. The van der Waals surface area contributed by atoms with Crippen molar-refractivity contribution in [3.8, 4) is 33.4 Å². The summed E-state index contributed by atoms with van der Waals surface area (Å²) in [5.41, 5.74) is 17.8. The maximum Gasteiger partial charge on any atom is 0.197 e. The lowest BCUT2D eigenvalue weighted by Crippen LogP contribution is -2.41. The van der Waals surface area contributed by atoms with Crippen LogP contribution in [0.25, 0.3) is 64.3 Å². The molecule has 0 atom stereocenters. The maximum absolute atomic E-state index is 3.93. The number of benzene rings is 9. The van der Waals surface area contributed by atoms with Crippen molar-refractivity contribution in [3.05, 3.63) is 199 Å². The molecule has 11 rings (SSSR count). The highest BCUT2D eigenvalue weighted by Gasteiger charge is 2.30. The van der Waals surface area contributed by atoms with E-state index in [2.05, 4.69) is 219 Å². The van der Waals surface area contributed by atoms with Gasteiger partial charge < -0.3 is 10.2 Å². The van der Waals surface area contributed by atoms with E-state index >= 15 is 0 Å². The molecule has 1 radical (unpaired) electrons. The predicted octanol–water partition coefficient (Wildman–Crippen LogP) is 14.0. The van der Waals surface area contributed by atoms with Gasteiger partial charge in [0.1, 0.15) is 0 Å². The fraction of sp³-hybridized carbons (Fsp3) is 0.0370. The molecule has 1 aliphatic rings. The van der Waals surface area contributed by atoms with Gasteiger partial charge in [-0.15, -0.1) is 11.3 Å². The number of hydrogen-bond donors (Lipinski definition) is 1. The first-order valence-electron chi connectivity index (χ1n) is 19.9. The van der Waals surface area contributed by atoms with E-state index in [4.69, 9.17) is 0 Å². The highest BCUT2D eigenvalue weighted by molar-refractivity contribution is 7.25. The number of hydrogen-bond acceptors (Lipinski definition) is 3. The normalized spacial score (nSPS) is 12.1. The number of anilines is 5. The molecule has 10 aromatic rings. The van der Waals surface area contributed by atoms with Crippen LogP contribution in [0.3, 0.4) is 0 Å². The highest BCUT2D eigenvalue weighted by Crippen LogP contribution is 2.45. The Labute approximate surface area is 343 Å². The van der Waals surface area contributed by atoms with E-state index < -0.39 is 0 Å². The van der Waals surface area contributed by atoms with Gasteiger partial charge in [-0.3, -0.25) is 0 Å². The van der Waals surface area contributed by atoms with Crippen LogP contribution in [-0.4, -0.2) is 7.28 Å². The van der Waals surface area contributed by atoms with Crippen LogP contribution in [0.5, 0.6) is 0 Å². The van der Waals surface area contributed by atoms with Gasteiger partial charge in [0.05, 0.1) is 5.69 Å². The first kappa shape index (κ1) is 34.4. The number of aryl methyl sites for hydroxylation is 2. The fourth-order valence-electron chi connectivity index (χ4n) is 8.84. The zero-order valence-electron chi connectivity index (χ0n) is 32.3. The molecule has 0 spiro atoms. The molecule has 2 heterocycles. The molecule has 2 nitrogen and oxygen atoms in total. The number of fused-ring (bicyclic) bond motifs is 6. The Hall–Kier alpha value is -6.88. The first-order valence-corrected chi connectivity index (χ1v) is 20.7. The molecule has 9 aromatic carbocycles. The third kappa shape index (κ3) is 5.88. The molecule has 0 fully saturated rings. The average Bonchev–Trinajstić information content (AvgIpc) is 3.63. The van der Waals surface area contributed by atoms with Crippen molar-refractivity contribution in [2.24, 2.45) is 0 Å². The molecular formula is C54H38BN2S. The number of nitrogens with one attached hydrogen (secondary N) is 1. The second kappa shape index (κ2) is 13.9. The van der Waals surface area contributed by atoms with E-state index in [-0.39, 0.29) is 0 Å². The minimum Gasteiger partial charge on any atom is -0.355 e. The molecule has 0 saturated heterocycles. The Morgan fingerprint density at radius 1 is 0.466 bits per heavy atom. The van der Waals surface area contributed by atoms with Crippen LogP contribution in [0.2, 0.25) is 0 Å². The number of rotatable bonds is 6. The molecule has 0 bridgehead atoms. The van der Waals surface area contributed by atoms with Crippen molar-refractivity contribution in [3.63, 3.8) is 0 Å². The van der Waals surface area contributed by atoms with Gasteiger partial charge in [-0.25, -0.2) is 0 Å². The van der Waals surface area contributed by atoms with Crippen LogP contribution < -0.4 is 21.1 Å². The lowest BCUT2D eigenvalue weighted by atomic mass is 9.57. The summed E-state index contributed by atoms with van der Waals surface area (Å²) in [6.45, 7) is 4.48. The Balaban J connectivity index is 1.11. The van der Waals surface area contributed by atoms with Crippen molar-refractivity contribution in [2.75, 3.05) is 10.2 Å². The van der Waals surface area contributed by atoms with Crippen molar-refractivity contribution < 1.29 is 0 Å². The van der Waals surface area contributed by atoms with Gasteiger partial charge in [0.15, 0.2) is 7.28 Å². The van der Waals surface area contributed by atoms with Crippen LogP contribution in [0.4, 0.5) is 28.4 Å². The van der Waals surface area contributed by atoms with Crippen LogP contribution in [0.1, 0.15) is 11.1 Å². The standard InChI is InChI=1S/C54H38BN2S/c1-34-29-46(44-27-23-39-17-9-10-18-42(39)54(44)56-41-25-21-38(22-26-41)36-13-5-3-6-14-36)53-50(30-34)57(48-28-24-40(31-35(48)2)37-15-7-4-8-16-37)49-33-52-45(32-47(49)55-53)43-19-11-12-20-51(43)58-52/h3-33,56H,1-2H3. The van der Waals surface area contributed by atoms with Crippen LogP contribution in [0, 0.1) is 13.8 Å². The average molecular weight is 758 g/mol. The fourth-order valence-corrected chi connectivity index (χ4v) is 9.96. The molecule has 0 aliphatic carbocycles. The van der Waals surface area contributed by atoms with E-state index in [0.29, 0.717) is 0 Å². The predicted molar refractivity (Wildman–Crippen MR) is 252 cm³/mol. The minimum atomic E-state index is 1.05. The van der Waals surface area contributed by atoms with E-state index in [0.717, 1.165) is 11.4 Å². The van der Waals surface area contributed by atoms with Gasteiger partial charge in [-0.1, -0.05) is 151 Å². The van der Waals surface area contributed by atoms with Crippen molar-refractivity contribution in [1.29, 1.82) is 0 Å². The minimum absolute atomic E-state index is 1.05. The summed E-state index contributed by atoms with van der Waals surface area (Å²) in [5.74, 6) is 0. The summed E-state index contributed by atoms with van der Waals surface area (Å²) in [7, 11) is 2.43. The van der Waals surface area contributed by atoms with Gasteiger partial charge in [0.2, 0.25) is 0 Å². The second-order valence-electron chi connectivity index (χ2n) is 15.4. The van der Waals surface area contributed by atoms with Crippen molar-refractivity contribution >= 4 is 88.9 Å². The SMILES string of the molecule is Cc1cc(-c2ccc3ccccc3c2Nc2ccc(-c3ccccc3)cc2)c2c(c1)N(c1ccc(-c3ccccc3)cc1C)c1cc3sc4ccccc4c3cc1[B]2. The number of nitrogens with zero attached hydrogens (tertiary/aromatic N) is 1. The molecule has 58 heavy (non-hydrogen) atoms. The quantitative estimate of drug-likeness (QED) is 0.170. The van der Waals surface area contributed by atoms with Gasteiger partial charge in [-0.2, -0.15) is 0 Å². The zero-order chi connectivity index (χ0) is 38.7. The monoisotopic (exact) mass is 757 g/mol. The Kier molecular flexibility index (Phi) is 8.27. The van der Waals surface area contributed by atoms with E-state index in [1.54, 1.807) is 0 Å². The zero-order valence-corrected chi connectivity index (χ0v) is 33.1. The Morgan fingerprint density at radius 2 is 1.14 bits per heavy atom. The molecule has 0 amide bonds. The topological polar surface area (TPSA) is 15.3 Å². The van der Waals surface area contributed by atoms with E-state index in [1.165, 1.54) is 103 Å². The van der Waals surface area contributed by atoms with Gasteiger partial charge >= 0.3 is 0 Å². The Morgan fingerprint density at radius 3 is 1.91 bits per heavy atom. The molecule has 4 heteroatoms. The molecule has 1 N–H and O–H groups in total. The molecular weight excluding hydrogens is 719 g/mol. The van der Waals surface area contributed by atoms with E-state index in [9.17, 15) is 0 Å².